The van der Waals surface area contributed by atoms with Crippen molar-refractivity contribution in [3.05, 3.63) is 70.3 Å². The van der Waals surface area contributed by atoms with E-state index in [2.05, 4.69) is 12.1 Å². The molecule has 0 N–H and O–H groups in total. The predicted octanol–water partition coefficient (Wildman–Crippen LogP) is 4.97. The second-order valence-electron chi connectivity index (χ2n) is 9.19. The van der Waals surface area contributed by atoms with Gasteiger partial charge in [0.25, 0.3) is 0 Å². The number of hydrogen-bond acceptors (Lipinski definition) is 3. The van der Waals surface area contributed by atoms with Crippen LogP contribution in [0.1, 0.15) is 31.2 Å². The summed E-state index contributed by atoms with van der Waals surface area (Å²) in [5.41, 5.74) is 2.71. The van der Waals surface area contributed by atoms with Gasteiger partial charge in [-0.2, -0.15) is 18.3 Å². The lowest BCUT2D eigenvalue weighted by atomic mass is 9.70. The number of hydrazone groups is 1. The second-order valence-corrected chi connectivity index (χ2v) is 9.19. The third-order valence-electron chi connectivity index (χ3n) is 7.49. The van der Waals surface area contributed by atoms with Crippen LogP contribution in [0.4, 0.5) is 13.2 Å². The van der Waals surface area contributed by atoms with E-state index in [1.165, 1.54) is 0 Å². The van der Waals surface area contributed by atoms with E-state index in [1.54, 1.807) is 6.08 Å². The fourth-order valence-electron chi connectivity index (χ4n) is 6.32. The van der Waals surface area contributed by atoms with Gasteiger partial charge in [-0.3, -0.25) is 9.80 Å². The van der Waals surface area contributed by atoms with Crippen LogP contribution >= 0.6 is 0 Å². The maximum Gasteiger partial charge on any atom is 0.420 e. The minimum atomic E-state index is -4.60. The van der Waals surface area contributed by atoms with Crippen molar-refractivity contribution in [3.63, 3.8) is 0 Å². The summed E-state index contributed by atoms with van der Waals surface area (Å²) in [5.74, 6) is -1.14. The van der Waals surface area contributed by atoms with E-state index >= 15 is 0 Å². The summed E-state index contributed by atoms with van der Waals surface area (Å²) in [5, 5.41) is 6.76. The van der Waals surface area contributed by atoms with Gasteiger partial charge in [0, 0.05) is 23.8 Å². The van der Waals surface area contributed by atoms with Gasteiger partial charge in [-0.05, 0) is 48.5 Å². The minimum absolute atomic E-state index is 0.0184. The lowest BCUT2D eigenvalue weighted by Crippen LogP contribution is -2.34. The quantitative estimate of drug-likeness (QED) is 0.690. The van der Waals surface area contributed by atoms with Crippen LogP contribution in [0.25, 0.3) is 0 Å². The highest BCUT2D eigenvalue weighted by molar-refractivity contribution is 6.05. The first-order valence-electron chi connectivity index (χ1n) is 10.5. The number of benzene rings is 1. The van der Waals surface area contributed by atoms with Crippen molar-refractivity contribution in [1.29, 1.82) is 0 Å². The molecule has 2 bridgehead atoms. The molecule has 6 heteroatoms. The van der Waals surface area contributed by atoms with Gasteiger partial charge in [0.1, 0.15) is 5.57 Å². The molecule has 3 nitrogen and oxygen atoms in total. The van der Waals surface area contributed by atoms with Gasteiger partial charge in [-0.15, -0.1) is 0 Å². The maximum atomic E-state index is 14.0. The first-order valence-corrected chi connectivity index (χ1v) is 10.5. The Morgan fingerprint density at radius 3 is 2.73 bits per heavy atom. The van der Waals surface area contributed by atoms with Crippen molar-refractivity contribution < 1.29 is 18.0 Å². The van der Waals surface area contributed by atoms with Crippen LogP contribution < -0.4 is 0 Å². The summed E-state index contributed by atoms with van der Waals surface area (Å²) in [6.07, 6.45) is 1.49. The lowest BCUT2D eigenvalue weighted by molar-refractivity contribution is -0.133. The van der Waals surface area contributed by atoms with Gasteiger partial charge >= 0.3 is 6.18 Å². The molecule has 6 rings (SSSR count). The first kappa shape index (κ1) is 18.2. The number of carbonyl (C=O) groups is 1. The molecule has 1 aromatic carbocycles. The Morgan fingerprint density at radius 2 is 1.97 bits per heavy atom. The first-order chi connectivity index (χ1) is 14.4. The number of halogens is 3. The van der Waals surface area contributed by atoms with E-state index in [0.29, 0.717) is 49.9 Å². The van der Waals surface area contributed by atoms with E-state index in [9.17, 15) is 18.0 Å². The Hall–Kier alpha value is -2.63. The SMILES string of the molecule is O=C1C(C(F)(F)F)=C2C3=C(CC24CCC1C4)C1CN(Cc2ccccc2)N=C1C=C3. The highest BCUT2D eigenvalue weighted by Gasteiger charge is 2.60. The topological polar surface area (TPSA) is 32.7 Å². The smallest absolute Gasteiger partial charge is 0.294 e. The monoisotopic (exact) mass is 410 g/mol. The Labute approximate surface area is 172 Å². The average Bonchev–Trinajstić information content (AvgIpc) is 3.37. The molecule has 0 radical (unpaired) electrons. The Bertz CT molecular complexity index is 1080. The molecule has 0 aromatic heterocycles. The molecule has 3 atom stereocenters. The fourth-order valence-corrected chi connectivity index (χ4v) is 6.32. The number of rotatable bonds is 2. The third-order valence-corrected chi connectivity index (χ3v) is 7.49. The van der Waals surface area contributed by atoms with Crippen LogP contribution in [0.15, 0.2) is 69.9 Å². The number of alkyl halides is 3. The summed E-state index contributed by atoms with van der Waals surface area (Å²) in [6.45, 7) is 1.36. The number of carbonyl (C=O) groups excluding carboxylic acids is 1. The molecule has 0 amide bonds. The van der Waals surface area contributed by atoms with Gasteiger partial charge < -0.3 is 0 Å². The van der Waals surface area contributed by atoms with E-state index in [1.807, 2.05) is 29.3 Å². The molecule has 1 spiro atoms. The van der Waals surface area contributed by atoms with Gasteiger partial charge in [0.2, 0.25) is 0 Å². The van der Waals surface area contributed by atoms with E-state index in [4.69, 9.17) is 5.10 Å². The molecule has 4 aliphatic carbocycles. The molecule has 1 fully saturated rings. The third kappa shape index (κ3) is 2.45. The Kier molecular flexibility index (Phi) is 3.61. The molecule has 1 saturated carbocycles. The van der Waals surface area contributed by atoms with Crippen LogP contribution in [0, 0.1) is 17.3 Å². The van der Waals surface area contributed by atoms with Crippen molar-refractivity contribution in [2.24, 2.45) is 22.4 Å². The molecule has 5 aliphatic rings. The van der Waals surface area contributed by atoms with Gasteiger partial charge in [0.15, 0.2) is 5.78 Å². The summed E-state index contributed by atoms with van der Waals surface area (Å²) < 4.78 is 41.9. The predicted molar refractivity (Wildman–Crippen MR) is 106 cm³/mol. The normalized spacial score (nSPS) is 31.9. The van der Waals surface area contributed by atoms with Crippen LogP contribution in [-0.4, -0.2) is 29.2 Å². The van der Waals surface area contributed by atoms with Gasteiger partial charge in [-0.25, -0.2) is 0 Å². The maximum absolute atomic E-state index is 14.0. The standard InChI is InChI=1S/C24H21F3N2O/c25-24(26,27)21-20-16-6-7-19-18(13-29(28-19)12-14-4-2-1-3-5-14)17(16)11-23(20)9-8-15(10-23)22(21)30/h1-7,15,18H,8-13H2. The van der Waals surface area contributed by atoms with Crippen molar-refractivity contribution in [1.82, 2.24) is 5.01 Å². The largest absolute Gasteiger partial charge is 0.420 e. The second kappa shape index (κ2) is 5.96. The number of fused-ring (bicyclic) bond motifs is 4. The summed E-state index contributed by atoms with van der Waals surface area (Å²) >= 11 is 0. The van der Waals surface area contributed by atoms with E-state index in [0.717, 1.165) is 16.8 Å². The molecule has 1 heterocycles. The minimum Gasteiger partial charge on any atom is -0.294 e. The van der Waals surface area contributed by atoms with Crippen molar-refractivity contribution in [2.45, 2.75) is 38.4 Å². The molecule has 0 saturated heterocycles. The van der Waals surface area contributed by atoms with Crippen molar-refractivity contribution >= 4 is 11.5 Å². The molecule has 30 heavy (non-hydrogen) atoms. The number of allylic oxidation sites excluding steroid dienone is 5. The molecule has 1 aromatic rings. The highest BCUT2D eigenvalue weighted by atomic mass is 19.4. The lowest BCUT2D eigenvalue weighted by Gasteiger charge is -2.33. The Morgan fingerprint density at radius 1 is 1.17 bits per heavy atom. The zero-order chi connectivity index (χ0) is 20.7. The molecule has 1 aliphatic heterocycles. The summed E-state index contributed by atoms with van der Waals surface area (Å²) in [6, 6.07) is 10.1. The Balaban J connectivity index is 1.39. The molecular formula is C24H21F3N2O. The number of nitrogens with zero attached hydrogens (tertiary/aromatic N) is 2. The van der Waals surface area contributed by atoms with Crippen LogP contribution in [0.2, 0.25) is 0 Å². The molecule has 3 unspecified atom stereocenters. The number of ketones is 1. The fraction of sp³-hybridized carbons (Fsp3) is 0.417. The van der Waals surface area contributed by atoms with Crippen molar-refractivity contribution in [3.8, 4) is 0 Å². The number of hydrogen-bond donors (Lipinski definition) is 0. The van der Waals surface area contributed by atoms with Crippen LogP contribution in [0.3, 0.4) is 0 Å². The summed E-state index contributed by atoms with van der Waals surface area (Å²) in [7, 11) is 0. The zero-order valence-corrected chi connectivity index (χ0v) is 16.4. The zero-order valence-electron chi connectivity index (χ0n) is 16.4. The van der Waals surface area contributed by atoms with Crippen LogP contribution in [-0.2, 0) is 11.3 Å². The van der Waals surface area contributed by atoms with Gasteiger partial charge in [0.05, 0.1) is 12.3 Å². The summed E-state index contributed by atoms with van der Waals surface area (Å²) in [4.78, 5) is 12.7. The van der Waals surface area contributed by atoms with Crippen molar-refractivity contribution in [2.75, 3.05) is 6.54 Å². The van der Waals surface area contributed by atoms with E-state index in [-0.39, 0.29) is 5.92 Å². The molecular weight excluding hydrogens is 389 g/mol. The molecule has 154 valence electrons. The number of Topliss-reactive ketones (excluding diaryl/α,β-unsaturated/α-hetero) is 1. The van der Waals surface area contributed by atoms with E-state index < -0.39 is 28.9 Å². The van der Waals surface area contributed by atoms with Gasteiger partial charge in [-0.1, -0.05) is 42.0 Å². The van der Waals surface area contributed by atoms with Crippen LogP contribution in [0.5, 0.6) is 0 Å². The highest BCUT2D eigenvalue weighted by Crippen LogP contribution is 2.65. The average molecular weight is 410 g/mol.